The molecule has 10 heavy (non-hydrogen) atoms. The van der Waals surface area contributed by atoms with E-state index in [2.05, 4.69) is 0 Å². The van der Waals surface area contributed by atoms with E-state index in [4.69, 9.17) is 15.9 Å². The summed E-state index contributed by atoms with van der Waals surface area (Å²) in [6.45, 7) is 1.35. The monoisotopic (exact) mass is 165 g/mol. The second kappa shape index (κ2) is 3.80. The lowest BCUT2D eigenvalue weighted by Crippen LogP contribution is -2.41. The molecule has 0 aromatic rings. The average Bonchev–Trinajstić information content (AvgIpc) is 1.84. The van der Waals surface area contributed by atoms with E-state index in [9.17, 15) is 4.79 Å². The number of thioether (sulfide) groups is 1. The van der Waals surface area contributed by atoms with Gasteiger partial charge in [-0.1, -0.05) is 0 Å². The fourth-order valence-corrected chi connectivity index (χ4v) is 0.958. The van der Waals surface area contributed by atoms with Gasteiger partial charge in [-0.3, -0.25) is 0 Å². The third-order valence-corrected chi connectivity index (χ3v) is 2.08. The third kappa shape index (κ3) is 3.05. The van der Waals surface area contributed by atoms with E-state index in [1.54, 1.807) is 0 Å². The molecule has 0 amide bonds. The van der Waals surface area contributed by atoms with E-state index in [1.807, 2.05) is 0 Å². The average molecular weight is 165 g/mol. The third-order valence-electron chi connectivity index (χ3n) is 0.918. The lowest BCUT2D eigenvalue weighted by Gasteiger charge is -2.16. The minimum absolute atomic E-state index is 0.0509. The molecule has 0 saturated heterocycles. The van der Waals surface area contributed by atoms with Gasteiger partial charge in [0.2, 0.25) is 0 Å². The Bertz CT molecular complexity index is 126. The number of carbonyl (C=O) groups is 1. The fourth-order valence-electron chi connectivity index (χ4n) is 0.319. The Morgan fingerprint density at radius 2 is 2.30 bits per heavy atom. The van der Waals surface area contributed by atoms with Crippen molar-refractivity contribution in [2.75, 3.05) is 12.4 Å². The molecule has 0 heterocycles. The molecule has 4 N–H and O–H groups in total. The molecule has 5 heteroatoms. The maximum Gasteiger partial charge on any atom is 0.333 e. The SMILES string of the molecule is CC(N)(SCCO)C(=O)O. The van der Waals surface area contributed by atoms with Crippen LogP contribution in [0.2, 0.25) is 0 Å². The summed E-state index contributed by atoms with van der Waals surface area (Å²) in [6, 6.07) is 0. The van der Waals surface area contributed by atoms with Crippen LogP contribution < -0.4 is 5.73 Å². The zero-order valence-corrected chi connectivity index (χ0v) is 6.52. The number of hydrogen-bond donors (Lipinski definition) is 3. The number of aliphatic carboxylic acids is 1. The zero-order chi connectivity index (χ0) is 8.20. The van der Waals surface area contributed by atoms with Gasteiger partial charge >= 0.3 is 5.97 Å². The lowest BCUT2D eigenvalue weighted by molar-refractivity contribution is -0.139. The van der Waals surface area contributed by atoms with Crippen molar-refractivity contribution in [1.29, 1.82) is 0 Å². The Hall–Kier alpha value is -0.260. The molecular weight excluding hydrogens is 154 g/mol. The molecule has 60 valence electrons. The molecule has 4 nitrogen and oxygen atoms in total. The molecule has 0 rings (SSSR count). The van der Waals surface area contributed by atoms with Gasteiger partial charge in [0.05, 0.1) is 6.61 Å². The van der Waals surface area contributed by atoms with Gasteiger partial charge in [-0.05, 0) is 6.92 Å². The Morgan fingerprint density at radius 1 is 1.80 bits per heavy atom. The van der Waals surface area contributed by atoms with Gasteiger partial charge in [0.1, 0.15) is 0 Å². The Labute approximate surface area is 63.4 Å². The van der Waals surface area contributed by atoms with Gasteiger partial charge in [-0.2, -0.15) is 0 Å². The normalized spacial score (nSPS) is 16.3. The predicted molar refractivity (Wildman–Crippen MR) is 39.8 cm³/mol. The summed E-state index contributed by atoms with van der Waals surface area (Å²) in [5.74, 6) is -0.717. The highest BCUT2D eigenvalue weighted by Gasteiger charge is 2.27. The molecule has 0 aromatic heterocycles. The van der Waals surface area contributed by atoms with Gasteiger partial charge in [-0.25, -0.2) is 4.79 Å². The molecule has 0 aliphatic carbocycles. The van der Waals surface area contributed by atoms with Gasteiger partial charge in [-0.15, -0.1) is 11.8 Å². The standard InChI is InChI=1S/C5H11NO3S/c1-5(6,4(8)9)10-3-2-7/h7H,2-3,6H2,1H3,(H,8,9). The Kier molecular flexibility index (Phi) is 3.70. The summed E-state index contributed by atoms with van der Waals surface area (Å²) in [6.07, 6.45) is 0. The van der Waals surface area contributed by atoms with Crippen LogP contribution in [0.4, 0.5) is 0 Å². The van der Waals surface area contributed by atoms with Crippen molar-refractivity contribution >= 4 is 17.7 Å². The summed E-state index contributed by atoms with van der Waals surface area (Å²) in [7, 11) is 0. The molecule has 0 aromatic carbocycles. The zero-order valence-electron chi connectivity index (χ0n) is 5.70. The van der Waals surface area contributed by atoms with Crippen LogP contribution in [0.15, 0.2) is 0 Å². The van der Waals surface area contributed by atoms with Gasteiger partial charge in [0.25, 0.3) is 0 Å². The largest absolute Gasteiger partial charge is 0.479 e. The van der Waals surface area contributed by atoms with Crippen molar-refractivity contribution in [3.63, 3.8) is 0 Å². The first-order valence-corrected chi connectivity index (χ1v) is 3.76. The fraction of sp³-hybridized carbons (Fsp3) is 0.800. The van der Waals surface area contributed by atoms with Gasteiger partial charge in [0.15, 0.2) is 4.87 Å². The number of aliphatic hydroxyl groups excluding tert-OH is 1. The lowest BCUT2D eigenvalue weighted by atomic mass is 10.4. The van der Waals surface area contributed by atoms with E-state index in [0.29, 0.717) is 5.75 Å². The number of nitrogens with two attached hydrogens (primary N) is 1. The summed E-state index contributed by atoms with van der Waals surface area (Å²) >= 11 is 1.02. The summed E-state index contributed by atoms with van der Waals surface area (Å²) in [4.78, 5) is 9.02. The molecule has 0 spiro atoms. The van der Waals surface area contributed by atoms with Crippen LogP contribution in [0.5, 0.6) is 0 Å². The van der Waals surface area contributed by atoms with Crippen molar-refractivity contribution in [2.24, 2.45) is 5.73 Å². The van der Waals surface area contributed by atoms with Crippen LogP contribution in [-0.4, -0.2) is 33.4 Å². The number of rotatable bonds is 4. The van der Waals surface area contributed by atoms with Gasteiger partial charge in [0, 0.05) is 5.75 Å². The van der Waals surface area contributed by atoms with Crippen LogP contribution in [0.25, 0.3) is 0 Å². The molecule has 0 aliphatic rings. The van der Waals surface area contributed by atoms with Crippen LogP contribution in [-0.2, 0) is 4.79 Å². The molecule has 0 aliphatic heterocycles. The van der Waals surface area contributed by atoms with Gasteiger partial charge < -0.3 is 15.9 Å². The van der Waals surface area contributed by atoms with Crippen molar-refractivity contribution in [3.05, 3.63) is 0 Å². The molecular formula is C5H11NO3S. The van der Waals surface area contributed by atoms with Crippen molar-refractivity contribution < 1.29 is 15.0 Å². The Balaban J connectivity index is 3.75. The van der Waals surface area contributed by atoms with Crippen LogP contribution >= 0.6 is 11.8 Å². The molecule has 0 radical (unpaired) electrons. The molecule has 1 unspecified atom stereocenters. The molecule has 1 atom stereocenters. The minimum Gasteiger partial charge on any atom is -0.479 e. The topological polar surface area (TPSA) is 83.5 Å². The smallest absolute Gasteiger partial charge is 0.333 e. The highest BCUT2D eigenvalue weighted by molar-refractivity contribution is 8.01. The highest BCUT2D eigenvalue weighted by atomic mass is 32.2. The summed E-state index contributed by atoms with van der Waals surface area (Å²) < 4.78 is 0. The maximum absolute atomic E-state index is 10.3. The minimum atomic E-state index is -1.28. The summed E-state index contributed by atoms with van der Waals surface area (Å²) in [5.41, 5.74) is 5.30. The van der Waals surface area contributed by atoms with E-state index >= 15 is 0 Å². The first-order chi connectivity index (χ1) is 4.50. The second-order valence-corrected chi connectivity index (χ2v) is 3.53. The quantitative estimate of drug-likeness (QED) is 0.488. The number of hydrogen-bond acceptors (Lipinski definition) is 4. The highest BCUT2D eigenvalue weighted by Crippen LogP contribution is 2.17. The van der Waals surface area contributed by atoms with Crippen molar-refractivity contribution in [1.82, 2.24) is 0 Å². The summed E-state index contributed by atoms with van der Waals surface area (Å²) in [5, 5.41) is 16.8. The molecule has 0 saturated carbocycles. The van der Waals surface area contributed by atoms with E-state index in [0.717, 1.165) is 11.8 Å². The van der Waals surface area contributed by atoms with Crippen LogP contribution in [0, 0.1) is 0 Å². The van der Waals surface area contributed by atoms with Crippen molar-refractivity contribution in [3.8, 4) is 0 Å². The van der Waals surface area contributed by atoms with E-state index < -0.39 is 10.8 Å². The van der Waals surface area contributed by atoms with E-state index in [-0.39, 0.29) is 6.61 Å². The van der Waals surface area contributed by atoms with Crippen molar-refractivity contribution in [2.45, 2.75) is 11.8 Å². The van der Waals surface area contributed by atoms with E-state index in [1.165, 1.54) is 6.92 Å². The first-order valence-electron chi connectivity index (χ1n) is 2.78. The predicted octanol–water partition coefficient (Wildman–Crippen LogP) is -0.529. The number of carboxylic acids is 1. The molecule has 0 fully saturated rings. The number of carboxylic acid groups (broad SMARTS) is 1. The maximum atomic E-state index is 10.3. The Morgan fingerprint density at radius 3 is 2.60 bits per heavy atom. The van der Waals surface area contributed by atoms with Crippen LogP contribution in [0.1, 0.15) is 6.92 Å². The van der Waals surface area contributed by atoms with Crippen LogP contribution in [0.3, 0.4) is 0 Å². The first kappa shape index (κ1) is 9.74. The second-order valence-electron chi connectivity index (χ2n) is 1.98. The molecule has 0 bridgehead atoms. The number of aliphatic hydroxyl groups is 1.